The third-order valence-electron chi connectivity index (χ3n) is 6.08. The van der Waals surface area contributed by atoms with E-state index in [1.807, 2.05) is 30.3 Å². The second-order valence-corrected chi connectivity index (χ2v) is 11.2. The minimum atomic E-state index is -3.08. The summed E-state index contributed by atoms with van der Waals surface area (Å²) >= 11 is 0. The minimum absolute atomic E-state index is 0.0622. The van der Waals surface area contributed by atoms with Crippen molar-refractivity contribution in [3.8, 4) is 0 Å². The van der Waals surface area contributed by atoms with E-state index in [1.54, 1.807) is 0 Å². The van der Waals surface area contributed by atoms with Crippen molar-refractivity contribution in [2.75, 3.05) is 0 Å². The van der Waals surface area contributed by atoms with Gasteiger partial charge in [0.2, 0.25) is 0 Å². The minimum Gasteiger partial charge on any atom is -0.319 e. The van der Waals surface area contributed by atoms with Crippen LogP contribution in [0.4, 0.5) is 0 Å². The maximum Gasteiger partial charge on any atom is 0.257 e. The van der Waals surface area contributed by atoms with Gasteiger partial charge in [0, 0.05) is 10.6 Å². The van der Waals surface area contributed by atoms with Crippen molar-refractivity contribution in [1.29, 1.82) is 0 Å². The Bertz CT molecular complexity index is 623. The number of allylic oxidation sites excluding steroid dienone is 1. The normalized spacial score (nSPS) is 25.3. The summed E-state index contributed by atoms with van der Waals surface area (Å²) < 4.78 is 20.8. The first-order chi connectivity index (χ1) is 12.9. The van der Waals surface area contributed by atoms with E-state index in [0.29, 0.717) is 17.8 Å². The maximum atomic E-state index is 14.2. The van der Waals surface area contributed by atoms with Crippen LogP contribution in [0.1, 0.15) is 79.1 Å². The van der Waals surface area contributed by atoms with Crippen LogP contribution < -0.4 is 5.30 Å². The van der Waals surface area contributed by atoms with Gasteiger partial charge in [-0.1, -0.05) is 78.2 Å². The van der Waals surface area contributed by atoms with Crippen LogP contribution in [-0.4, -0.2) is 6.10 Å². The predicted molar refractivity (Wildman–Crippen MR) is 118 cm³/mol. The van der Waals surface area contributed by atoms with Crippen molar-refractivity contribution in [2.45, 2.75) is 85.2 Å². The highest BCUT2D eigenvalue weighted by Crippen LogP contribution is 2.58. The van der Waals surface area contributed by atoms with E-state index in [2.05, 4.69) is 34.3 Å². The molecule has 0 bridgehead atoms. The second kappa shape index (κ2) is 10.6. The van der Waals surface area contributed by atoms with Crippen LogP contribution in [0.5, 0.6) is 0 Å². The van der Waals surface area contributed by atoms with Crippen molar-refractivity contribution in [3.63, 3.8) is 0 Å². The van der Waals surface area contributed by atoms with E-state index in [0.717, 1.165) is 29.9 Å². The Morgan fingerprint density at radius 3 is 2.52 bits per heavy atom. The van der Waals surface area contributed by atoms with Gasteiger partial charge in [-0.3, -0.25) is 4.57 Å². The third kappa shape index (κ3) is 6.06. The van der Waals surface area contributed by atoms with Gasteiger partial charge >= 0.3 is 0 Å². The fourth-order valence-electron chi connectivity index (χ4n) is 4.27. The molecule has 1 aromatic rings. The van der Waals surface area contributed by atoms with Crippen LogP contribution in [0.15, 0.2) is 42.2 Å². The third-order valence-corrected chi connectivity index (χ3v) is 8.68. The highest BCUT2D eigenvalue weighted by atomic mass is 31.2. The zero-order valence-electron chi connectivity index (χ0n) is 17.8. The second-order valence-electron chi connectivity index (χ2n) is 8.73. The highest BCUT2D eigenvalue weighted by Gasteiger charge is 2.39. The molecule has 27 heavy (non-hydrogen) atoms. The quantitative estimate of drug-likeness (QED) is 0.304. The van der Waals surface area contributed by atoms with Crippen LogP contribution >= 0.6 is 7.37 Å². The van der Waals surface area contributed by atoms with E-state index in [4.69, 9.17) is 4.52 Å². The molecular formula is C24H39O2P. The Hall–Kier alpha value is -0.850. The molecule has 0 N–H and O–H groups in total. The number of hydrogen-bond acceptors (Lipinski definition) is 2. The van der Waals surface area contributed by atoms with Crippen molar-refractivity contribution < 1.29 is 9.09 Å². The first-order valence-corrected chi connectivity index (χ1v) is 12.5. The number of hydrogen-bond donors (Lipinski definition) is 0. The molecule has 0 aromatic heterocycles. The van der Waals surface area contributed by atoms with Gasteiger partial charge in [0.05, 0.1) is 6.10 Å². The zero-order valence-corrected chi connectivity index (χ0v) is 18.7. The standard InChI is InChI=1S/C24H39O2P/c1-6-7-8-10-13-21(5)27(25,22-14-11-9-12-15-22)26-24-18-20(4)16-17-23(24)19(2)3/h9,11-12,14-15,19-20,23-24H,5-8,10,13,16-18H2,1-4H3/t20-,23+,24-,27?/m1/s1. The first kappa shape index (κ1) is 22.4. The molecule has 1 saturated carbocycles. The van der Waals surface area contributed by atoms with Crippen molar-refractivity contribution in [1.82, 2.24) is 0 Å². The molecule has 2 rings (SSSR count). The fourth-order valence-corrected chi connectivity index (χ4v) is 6.55. The smallest absolute Gasteiger partial charge is 0.257 e. The van der Waals surface area contributed by atoms with Gasteiger partial charge in [0.15, 0.2) is 0 Å². The zero-order chi connectivity index (χ0) is 19.9. The highest BCUT2D eigenvalue weighted by molar-refractivity contribution is 7.71. The maximum absolute atomic E-state index is 14.2. The van der Waals surface area contributed by atoms with Gasteiger partial charge in [-0.25, -0.2) is 0 Å². The summed E-state index contributed by atoms with van der Waals surface area (Å²) in [7, 11) is -3.08. The molecule has 1 aromatic carbocycles. The summed E-state index contributed by atoms with van der Waals surface area (Å²) in [5, 5.41) is 1.61. The van der Waals surface area contributed by atoms with Gasteiger partial charge in [-0.2, -0.15) is 0 Å². The average molecular weight is 391 g/mol. The van der Waals surface area contributed by atoms with Gasteiger partial charge in [-0.15, -0.1) is 0 Å². The summed E-state index contributed by atoms with van der Waals surface area (Å²) in [4.78, 5) is 0. The number of unbranched alkanes of at least 4 members (excludes halogenated alkanes) is 3. The summed E-state index contributed by atoms with van der Waals surface area (Å²) in [5.74, 6) is 1.66. The molecule has 1 unspecified atom stereocenters. The molecule has 1 aliphatic carbocycles. The Balaban J connectivity index is 2.24. The topological polar surface area (TPSA) is 26.3 Å². The van der Waals surface area contributed by atoms with Crippen LogP contribution in [0.25, 0.3) is 0 Å². The molecule has 0 aliphatic heterocycles. The molecule has 3 heteroatoms. The van der Waals surface area contributed by atoms with Crippen molar-refractivity contribution in [2.24, 2.45) is 17.8 Å². The molecule has 0 heterocycles. The van der Waals surface area contributed by atoms with Crippen LogP contribution in [0, 0.1) is 17.8 Å². The SMILES string of the molecule is C=C(CCCCCC)P(=O)(O[C@@H]1C[C@H](C)CC[C@H]1C(C)C)c1ccccc1. The Kier molecular flexibility index (Phi) is 8.83. The average Bonchev–Trinajstić information content (AvgIpc) is 2.65. The number of rotatable bonds is 10. The molecule has 0 radical (unpaired) electrons. The van der Waals surface area contributed by atoms with E-state index >= 15 is 0 Å². The van der Waals surface area contributed by atoms with Crippen LogP contribution in [-0.2, 0) is 9.09 Å². The summed E-state index contributed by atoms with van der Waals surface area (Å²) in [6.45, 7) is 13.3. The summed E-state index contributed by atoms with van der Waals surface area (Å²) in [6, 6.07) is 9.79. The molecule has 0 saturated heterocycles. The summed E-state index contributed by atoms with van der Waals surface area (Å²) in [5.41, 5.74) is 0. The first-order valence-electron chi connectivity index (χ1n) is 10.9. The van der Waals surface area contributed by atoms with Gasteiger partial charge < -0.3 is 4.52 Å². The lowest BCUT2D eigenvalue weighted by Gasteiger charge is -2.39. The molecule has 1 fully saturated rings. The lowest BCUT2D eigenvalue weighted by molar-refractivity contribution is 0.0507. The fraction of sp³-hybridized carbons (Fsp3) is 0.667. The van der Waals surface area contributed by atoms with Crippen LogP contribution in [0.2, 0.25) is 0 Å². The van der Waals surface area contributed by atoms with Gasteiger partial charge in [0.1, 0.15) is 0 Å². The molecule has 1 aliphatic rings. The van der Waals surface area contributed by atoms with E-state index < -0.39 is 7.37 Å². The predicted octanol–water partition coefficient (Wildman–Crippen LogP) is 7.55. The Labute approximate surface area is 167 Å². The largest absolute Gasteiger partial charge is 0.319 e. The van der Waals surface area contributed by atoms with E-state index in [9.17, 15) is 4.57 Å². The molecule has 152 valence electrons. The lowest BCUT2D eigenvalue weighted by atomic mass is 9.75. The Morgan fingerprint density at radius 2 is 1.89 bits per heavy atom. The summed E-state index contributed by atoms with van der Waals surface area (Å²) in [6.07, 6.45) is 8.91. The van der Waals surface area contributed by atoms with Crippen LogP contribution in [0.3, 0.4) is 0 Å². The van der Waals surface area contributed by atoms with Crippen molar-refractivity contribution in [3.05, 3.63) is 42.2 Å². The molecule has 2 nitrogen and oxygen atoms in total. The monoisotopic (exact) mass is 390 g/mol. The van der Waals surface area contributed by atoms with E-state index in [-0.39, 0.29) is 6.10 Å². The van der Waals surface area contributed by atoms with Crippen molar-refractivity contribution >= 4 is 12.7 Å². The van der Waals surface area contributed by atoms with E-state index in [1.165, 1.54) is 32.1 Å². The molecule has 0 amide bonds. The number of benzene rings is 1. The lowest BCUT2D eigenvalue weighted by Crippen LogP contribution is -2.34. The molecular weight excluding hydrogens is 351 g/mol. The van der Waals surface area contributed by atoms with Gasteiger partial charge in [0.25, 0.3) is 7.37 Å². The van der Waals surface area contributed by atoms with Gasteiger partial charge in [-0.05, 0) is 55.6 Å². The molecule has 0 spiro atoms. The Morgan fingerprint density at radius 1 is 1.19 bits per heavy atom. The molecule has 4 atom stereocenters.